The number of rotatable bonds is 1. The Kier molecular flexibility index (Phi) is 6.32. The topological polar surface area (TPSA) is 77.8 Å². The third-order valence-corrected chi connectivity index (χ3v) is 2.99. The van der Waals surface area contributed by atoms with Crippen LogP contribution in [-0.2, 0) is 0 Å². The molecule has 0 radical (unpaired) electrons. The van der Waals surface area contributed by atoms with E-state index in [0.29, 0.717) is 11.8 Å². The van der Waals surface area contributed by atoms with Crippen molar-refractivity contribution in [1.29, 1.82) is 0 Å². The van der Waals surface area contributed by atoms with Crippen molar-refractivity contribution in [3.63, 3.8) is 0 Å². The van der Waals surface area contributed by atoms with E-state index in [1.54, 1.807) is 0 Å². The zero-order valence-electron chi connectivity index (χ0n) is 9.68. The molecule has 3 atom stereocenters. The molecule has 0 aromatic heterocycles. The van der Waals surface area contributed by atoms with E-state index >= 15 is 0 Å². The predicted octanol–water partition coefficient (Wildman–Crippen LogP) is 2.66. The second-order valence-corrected chi connectivity index (χ2v) is 4.68. The Hall–Kier alpha value is -0.770. The van der Waals surface area contributed by atoms with Gasteiger partial charge in [-0.25, -0.2) is 4.79 Å². The molecular weight excluding hydrogens is 196 g/mol. The first-order valence-corrected chi connectivity index (χ1v) is 5.44. The average Bonchev–Trinajstić information content (AvgIpc) is 2.01. The van der Waals surface area contributed by atoms with Crippen LogP contribution in [0.15, 0.2) is 0 Å². The molecule has 1 saturated carbocycles. The Morgan fingerprint density at radius 2 is 1.73 bits per heavy atom. The van der Waals surface area contributed by atoms with Crippen molar-refractivity contribution in [3.05, 3.63) is 0 Å². The Morgan fingerprint density at radius 1 is 1.27 bits per heavy atom. The minimum atomic E-state index is -1.83. The van der Waals surface area contributed by atoms with Crippen molar-refractivity contribution >= 4 is 6.16 Å². The summed E-state index contributed by atoms with van der Waals surface area (Å²) in [6.07, 6.45) is 1.68. The fourth-order valence-electron chi connectivity index (χ4n) is 2.15. The van der Waals surface area contributed by atoms with Crippen molar-refractivity contribution in [2.75, 3.05) is 0 Å². The summed E-state index contributed by atoms with van der Waals surface area (Å²) in [5.74, 6) is 1.95. The molecule has 3 N–H and O–H groups in total. The minimum absolute atomic E-state index is 0.0289. The molecule has 3 unspecified atom stereocenters. The summed E-state index contributed by atoms with van der Waals surface area (Å²) in [6.45, 7) is 6.66. The molecule has 0 bridgehead atoms. The first-order chi connectivity index (χ1) is 6.84. The molecule has 15 heavy (non-hydrogen) atoms. The molecule has 1 rings (SSSR count). The lowest BCUT2D eigenvalue weighted by molar-refractivity contribution is 0.0266. The second-order valence-electron chi connectivity index (χ2n) is 4.68. The number of hydrogen-bond acceptors (Lipinski definition) is 2. The van der Waals surface area contributed by atoms with Crippen LogP contribution < -0.4 is 0 Å². The molecule has 0 saturated heterocycles. The van der Waals surface area contributed by atoms with E-state index in [4.69, 9.17) is 15.0 Å². The van der Waals surface area contributed by atoms with E-state index < -0.39 is 6.16 Å². The van der Waals surface area contributed by atoms with Gasteiger partial charge in [-0.2, -0.15) is 0 Å². The third-order valence-electron chi connectivity index (χ3n) is 2.99. The molecule has 0 aliphatic heterocycles. The highest BCUT2D eigenvalue weighted by molar-refractivity contribution is 5.53. The van der Waals surface area contributed by atoms with E-state index in [9.17, 15) is 5.11 Å². The Balaban J connectivity index is 0.000000423. The van der Waals surface area contributed by atoms with E-state index in [2.05, 4.69) is 20.8 Å². The minimum Gasteiger partial charge on any atom is -0.450 e. The normalized spacial score (nSPS) is 30.6. The highest BCUT2D eigenvalue weighted by Gasteiger charge is 2.28. The standard InChI is InChI=1S/C10H20O.CH2O3/c1-7(2)9-5-4-8(3)6-10(9)11;2-1(3)4/h7-11H,4-6H2,1-3H3;(H2,2,3,4). The predicted molar refractivity (Wildman–Crippen MR) is 58.0 cm³/mol. The van der Waals surface area contributed by atoms with Gasteiger partial charge in [0, 0.05) is 0 Å². The SMILES string of the molecule is CC1CCC(C(C)C)C(O)C1.O=C(O)O. The second kappa shape index (κ2) is 6.67. The maximum absolute atomic E-state index is 9.71. The summed E-state index contributed by atoms with van der Waals surface area (Å²) in [4.78, 5) is 8.56. The first-order valence-electron chi connectivity index (χ1n) is 5.44. The van der Waals surface area contributed by atoms with Crippen LogP contribution in [0.2, 0.25) is 0 Å². The van der Waals surface area contributed by atoms with Crippen molar-refractivity contribution in [3.8, 4) is 0 Å². The van der Waals surface area contributed by atoms with Crippen LogP contribution in [0.5, 0.6) is 0 Å². The van der Waals surface area contributed by atoms with Crippen LogP contribution >= 0.6 is 0 Å². The summed E-state index contributed by atoms with van der Waals surface area (Å²) >= 11 is 0. The van der Waals surface area contributed by atoms with Crippen LogP contribution in [0.4, 0.5) is 4.79 Å². The number of carbonyl (C=O) groups is 1. The van der Waals surface area contributed by atoms with Crippen molar-refractivity contribution in [2.45, 2.75) is 46.1 Å². The lowest BCUT2D eigenvalue weighted by Crippen LogP contribution is -2.31. The molecule has 0 spiro atoms. The fraction of sp³-hybridized carbons (Fsp3) is 0.909. The van der Waals surface area contributed by atoms with E-state index in [-0.39, 0.29) is 6.10 Å². The number of aliphatic hydroxyl groups excluding tert-OH is 1. The highest BCUT2D eigenvalue weighted by atomic mass is 16.6. The summed E-state index contributed by atoms with van der Waals surface area (Å²) in [5.41, 5.74) is 0. The van der Waals surface area contributed by atoms with Crippen molar-refractivity contribution < 1.29 is 20.1 Å². The molecule has 1 fully saturated rings. The molecule has 4 nitrogen and oxygen atoms in total. The lowest BCUT2D eigenvalue weighted by Gasteiger charge is -2.33. The van der Waals surface area contributed by atoms with Gasteiger partial charge in [0.1, 0.15) is 0 Å². The molecule has 90 valence electrons. The van der Waals surface area contributed by atoms with Crippen LogP contribution in [0.25, 0.3) is 0 Å². The molecule has 0 heterocycles. The maximum atomic E-state index is 9.71. The Morgan fingerprint density at radius 3 is 2.07 bits per heavy atom. The van der Waals surface area contributed by atoms with Gasteiger partial charge in [-0.15, -0.1) is 0 Å². The summed E-state index contributed by atoms with van der Waals surface area (Å²) < 4.78 is 0. The van der Waals surface area contributed by atoms with E-state index in [0.717, 1.165) is 12.3 Å². The molecule has 1 aliphatic rings. The first kappa shape index (κ1) is 14.2. The number of aliphatic hydroxyl groups is 1. The zero-order chi connectivity index (χ0) is 12.0. The van der Waals surface area contributed by atoms with Gasteiger partial charge < -0.3 is 15.3 Å². The molecule has 0 aromatic carbocycles. The smallest absolute Gasteiger partial charge is 0.450 e. The van der Waals surface area contributed by atoms with Crippen LogP contribution in [-0.4, -0.2) is 27.6 Å². The zero-order valence-corrected chi connectivity index (χ0v) is 9.68. The Bertz CT molecular complexity index is 187. The van der Waals surface area contributed by atoms with Gasteiger partial charge in [-0.3, -0.25) is 0 Å². The summed E-state index contributed by atoms with van der Waals surface area (Å²) in [5, 5.41) is 23.7. The number of hydrogen-bond donors (Lipinski definition) is 3. The van der Waals surface area contributed by atoms with Gasteiger partial charge in [0.15, 0.2) is 0 Å². The van der Waals surface area contributed by atoms with Crippen molar-refractivity contribution in [1.82, 2.24) is 0 Å². The van der Waals surface area contributed by atoms with E-state index in [1.165, 1.54) is 12.8 Å². The van der Waals surface area contributed by atoms with Gasteiger partial charge in [0.05, 0.1) is 6.10 Å². The fourth-order valence-corrected chi connectivity index (χ4v) is 2.15. The number of carboxylic acid groups (broad SMARTS) is 2. The summed E-state index contributed by atoms with van der Waals surface area (Å²) in [7, 11) is 0. The molecule has 0 aromatic rings. The maximum Gasteiger partial charge on any atom is 0.503 e. The monoisotopic (exact) mass is 218 g/mol. The molecule has 4 heteroatoms. The van der Waals surface area contributed by atoms with Gasteiger partial charge in [-0.1, -0.05) is 27.2 Å². The quantitative estimate of drug-likeness (QED) is 0.632. The Labute approximate surface area is 90.9 Å². The van der Waals surface area contributed by atoms with Crippen LogP contribution in [0.3, 0.4) is 0 Å². The molecule has 1 aliphatic carbocycles. The highest BCUT2D eigenvalue weighted by Crippen LogP contribution is 2.33. The lowest BCUT2D eigenvalue weighted by atomic mass is 9.75. The summed E-state index contributed by atoms with van der Waals surface area (Å²) in [6, 6.07) is 0. The van der Waals surface area contributed by atoms with Crippen LogP contribution in [0, 0.1) is 17.8 Å². The molecule has 0 amide bonds. The molecular formula is C11H22O4. The third kappa shape index (κ3) is 6.33. The van der Waals surface area contributed by atoms with Gasteiger partial charge in [-0.05, 0) is 30.6 Å². The van der Waals surface area contributed by atoms with Crippen molar-refractivity contribution in [2.24, 2.45) is 17.8 Å². The van der Waals surface area contributed by atoms with Gasteiger partial charge in [0.2, 0.25) is 0 Å². The van der Waals surface area contributed by atoms with E-state index in [1.807, 2.05) is 0 Å². The van der Waals surface area contributed by atoms with Crippen LogP contribution in [0.1, 0.15) is 40.0 Å². The van der Waals surface area contributed by atoms with Gasteiger partial charge >= 0.3 is 6.16 Å². The largest absolute Gasteiger partial charge is 0.503 e. The average molecular weight is 218 g/mol. The van der Waals surface area contributed by atoms with Gasteiger partial charge in [0.25, 0.3) is 0 Å².